The molecule has 0 atom stereocenters. The topological polar surface area (TPSA) is 92.3 Å². The molecule has 4 aromatic rings. The lowest BCUT2D eigenvalue weighted by Crippen LogP contribution is -2.16. The molecule has 35 heavy (non-hydrogen) atoms. The summed E-state index contributed by atoms with van der Waals surface area (Å²) in [6, 6.07) is 23.9. The number of carbonyl (C=O) groups is 2. The summed E-state index contributed by atoms with van der Waals surface area (Å²) < 4.78 is 41.4. The summed E-state index contributed by atoms with van der Waals surface area (Å²) in [5.41, 5.74) is 1.40. The van der Waals surface area contributed by atoms with Crippen molar-refractivity contribution in [1.82, 2.24) is 0 Å². The second-order valence-electron chi connectivity index (χ2n) is 7.48. The Balaban J connectivity index is 1.57. The summed E-state index contributed by atoms with van der Waals surface area (Å²) >= 11 is 3.36. The van der Waals surface area contributed by atoms with Crippen LogP contribution in [0.25, 0.3) is 0 Å². The zero-order valence-corrected chi connectivity index (χ0v) is 20.4. The Kier molecular flexibility index (Phi) is 7.09. The lowest BCUT2D eigenvalue weighted by molar-refractivity contribution is 0.102. The third kappa shape index (κ3) is 5.82. The normalized spacial score (nSPS) is 11.0. The number of ketones is 1. The van der Waals surface area contributed by atoms with Gasteiger partial charge in [0.2, 0.25) is 0 Å². The minimum atomic E-state index is -3.98. The van der Waals surface area contributed by atoms with Crippen molar-refractivity contribution in [3.05, 3.63) is 124 Å². The Labute approximate surface area is 210 Å². The van der Waals surface area contributed by atoms with Gasteiger partial charge < -0.3 is 5.32 Å². The van der Waals surface area contributed by atoms with Crippen molar-refractivity contribution in [2.24, 2.45) is 0 Å². The van der Waals surface area contributed by atoms with Gasteiger partial charge in [-0.25, -0.2) is 12.8 Å². The monoisotopic (exact) mass is 552 g/mol. The molecule has 0 spiro atoms. The van der Waals surface area contributed by atoms with Gasteiger partial charge >= 0.3 is 0 Å². The maximum Gasteiger partial charge on any atom is 0.261 e. The first-order valence-electron chi connectivity index (χ1n) is 10.3. The zero-order valence-electron chi connectivity index (χ0n) is 18.0. The maximum atomic E-state index is 13.1. The predicted octanol–water partition coefficient (Wildman–Crippen LogP) is 5.87. The molecule has 0 aliphatic heterocycles. The van der Waals surface area contributed by atoms with Gasteiger partial charge in [0.25, 0.3) is 15.9 Å². The molecular formula is C26H18BrFN2O4S. The van der Waals surface area contributed by atoms with Gasteiger partial charge in [-0.05, 0) is 60.7 Å². The zero-order chi connectivity index (χ0) is 25.0. The number of hydrogen-bond donors (Lipinski definition) is 2. The molecule has 6 nitrogen and oxygen atoms in total. The summed E-state index contributed by atoms with van der Waals surface area (Å²) in [7, 11) is -3.98. The fourth-order valence-corrected chi connectivity index (χ4v) is 4.72. The molecule has 0 aliphatic rings. The van der Waals surface area contributed by atoms with E-state index in [0.717, 1.165) is 24.3 Å². The van der Waals surface area contributed by atoms with Crippen LogP contribution < -0.4 is 10.0 Å². The van der Waals surface area contributed by atoms with Crippen molar-refractivity contribution in [1.29, 1.82) is 0 Å². The van der Waals surface area contributed by atoms with Crippen molar-refractivity contribution in [3.8, 4) is 0 Å². The molecule has 1 amide bonds. The fourth-order valence-electron chi connectivity index (χ4n) is 3.30. The molecule has 2 N–H and O–H groups in total. The first-order valence-corrected chi connectivity index (χ1v) is 12.6. The SMILES string of the molecule is O=C(Nc1ccc(Br)cc1C(=O)c1ccccc1)c1cccc(NS(=O)(=O)c2ccc(F)cc2)c1. The van der Waals surface area contributed by atoms with E-state index in [0.29, 0.717) is 21.3 Å². The summed E-state index contributed by atoms with van der Waals surface area (Å²) in [4.78, 5) is 25.9. The van der Waals surface area contributed by atoms with Gasteiger partial charge in [-0.15, -0.1) is 0 Å². The van der Waals surface area contributed by atoms with Gasteiger partial charge in [0.05, 0.1) is 10.6 Å². The summed E-state index contributed by atoms with van der Waals surface area (Å²) in [5.74, 6) is -1.35. The van der Waals surface area contributed by atoms with Gasteiger partial charge in [0.15, 0.2) is 5.78 Å². The van der Waals surface area contributed by atoms with Crippen LogP contribution in [0.4, 0.5) is 15.8 Å². The molecule has 4 rings (SSSR count). The number of carbonyl (C=O) groups excluding carboxylic acids is 2. The highest BCUT2D eigenvalue weighted by molar-refractivity contribution is 9.10. The average Bonchev–Trinajstić information content (AvgIpc) is 2.85. The van der Waals surface area contributed by atoms with E-state index in [-0.39, 0.29) is 21.9 Å². The molecule has 0 bridgehead atoms. The van der Waals surface area contributed by atoms with Gasteiger partial charge in [0.1, 0.15) is 5.82 Å². The number of anilines is 2. The minimum Gasteiger partial charge on any atom is -0.321 e. The highest BCUT2D eigenvalue weighted by Gasteiger charge is 2.18. The third-order valence-corrected chi connectivity index (χ3v) is 6.90. The number of rotatable bonds is 7. The lowest BCUT2D eigenvalue weighted by Gasteiger charge is -2.13. The van der Waals surface area contributed by atoms with E-state index in [4.69, 9.17) is 0 Å². The molecule has 0 aliphatic carbocycles. The molecule has 4 aromatic carbocycles. The molecule has 0 aromatic heterocycles. The Hall–Kier alpha value is -3.82. The minimum absolute atomic E-state index is 0.118. The van der Waals surface area contributed by atoms with E-state index in [9.17, 15) is 22.4 Å². The van der Waals surface area contributed by atoms with Crippen LogP contribution in [0.15, 0.2) is 106 Å². The molecular weight excluding hydrogens is 535 g/mol. The van der Waals surface area contributed by atoms with Gasteiger partial charge in [-0.3, -0.25) is 14.3 Å². The standard InChI is InChI=1S/C26H18BrFN2O4S/c27-19-9-14-24(23(16-19)25(31)17-5-2-1-3-6-17)29-26(32)18-7-4-8-21(15-18)30-35(33,34)22-12-10-20(28)11-13-22/h1-16,30H,(H,29,32). The van der Waals surface area contributed by atoms with Crippen LogP contribution in [0.1, 0.15) is 26.3 Å². The number of halogens is 2. The summed E-state index contributed by atoms with van der Waals surface area (Å²) in [5, 5.41) is 2.73. The van der Waals surface area contributed by atoms with Crippen molar-refractivity contribution >= 4 is 49.0 Å². The highest BCUT2D eigenvalue weighted by atomic mass is 79.9. The Morgan fingerprint density at radius 3 is 2.17 bits per heavy atom. The van der Waals surface area contributed by atoms with Gasteiger partial charge in [-0.1, -0.05) is 52.3 Å². The van der Waals surface area contributed by atoms with Crippen molar-refractivity contribution in [2.45, 2.75) is 4.90 Å². The van der Waals surface area contributed by atoms with Crippen LogP contribution in [-0.2, 0) is 10.0 Å². The Morgan fingerprint density at radius 1 is 0.771 bits per heavy atom. The number of sulfonamides is 1. The van der Waals surface area contributed by atoms with E-state index in [2.05, 4.69) is 26.0 Å². The Morgan fingerprint density at radius 2 is 1.46 bits per heavy atom. The van der Waals surface area contributed by atoms with E-state index in [1.165, 1.54) is 24.3 Å². The molecule has 0 unspecified atom stereocenters. The number of hydrogen-bond acceptors (Lipinski definition) is 4. The van der Waals surface area contributed by atoms with Gasteiger partial charge in [0, 0.05) is 26.9 Å². The van der Waals surface area contributed by atoms with Crippen LogP contribution >= 0.6 is 15.9 Å². The van der Waals surface area contributed by atoms with Crippen molar-refractivity contribution in [2.75, 3.05) is 10.0 Å². The second kappa shape index (κ2) is 10.2. The molecule has 0 heterocycles. The number of benzene rings is 4. The van der Waals surface area contributed by atoms with E-state index < -0.39 is 21.7 Å². The van der Waals surface area contributed by atoms with E-state index in [1.54, 1.807) is 48.5 Å². The molecule has 0 saturated carbocycles. The smallest absolute Gasteiger partial charge is 0.261 e. The van der Waals surface area contributed by atoms with Crippen LogP contribution in [0.3, 0.4) is 0 Å². The molecule has 176 valence electrons. The predicted molar refractivity (Wildman–Crippen MR) is 136 cm³/mol. The maximum absolute atomic E-state index is 13.1. The number of amides is 1. The lowest BCUT2D eigenvalue weighted by atomic mass is 10.0. The largest absolute Gasteiger partial charge is 0.321 e. The molecule has 0 fully saturated rings. The Bertz CT molecular complexity index is 1510. The van der Waals surface area contributed by atoms with Gasteiger partial charge in [-0.2, -0.15) is 0 Å². The fraction of sp³-hybridized carbons (Fsp3) is 0. The highest BCUT2D eigenvalue weighted by Crippen LogP contribution is 2.25. The molecule has 9 heteroatoms. The van der Waals surface area contributed by atoms with Crippen LogP contribution in [0.5, 0.6) is 0 Å². The first-order chi connectivity index (χ1) is 16.7. The molecule has 0 saturated heterocycles. The summed E-state index contributed by atoms with van der Waals surface area (Å²) in [6.07, 6.45) is 0. The molecule has 0 radical (unpaired) electrons. The second-order valence-corrected chi connectivity index (χ2v) is 10.1. The van der Waals surface area contributed by atoms with Crippen molar-refractivity contribution in [3.63, 3.8) is 0 Å². The third-order valence-electron chi connectivity index (χ3n) is 5.01. The van der Waals surface area contributed by atoms with Crippen molar-refractivity contribution < 1.29 is 22.4 Å². The number of nitrogens with one attached hydrogen (secondary N) is 2. The van der Waals surface area contributed by atoms with Crippen LogP contribution in [0.2, 0.25) is 0 Å². The van der Waals surface area contributed by atoms with E-state index >= 15 is 0 Å². The summed E-state index contributed by atoms with van der Waals surface area (Å²) in [6.45, 7) is 0. The van der Waals surface area contributed by atoms with Crippen LogP contribution in [-0.4, -0.2) is 20.1 Å². The first kappa shape index (κ1) is 24.3. The average molecular weight is 553 g/mol. The van der Waals surface area contributed by atoms with E-state index in [1.807, 2.05) is 0 Å². The quantitative estimate of drug-likeness (QED) is 0.280. The van der Waals surface area contributed by atoms with Crippen LogP contribution in [0, 0.1) is 5.82 Å².